The van der Waals surface area contributed by atoms with Crippen molar-refractivity contribution in [2.24, 2.45) is 11.1 Å². The fourth-order valence-corrected chi connectivity index (χ4v) is 3.33. The summed E-state index contributed by atoms with van der Waals surface area (Å²) in [4.78, 5) is 16.3. The average molecular weight is 281 g/mol. The Morgan fingerprint density at radius 2 is 2.21 bits per heavy atom. The van der Waals surface area contributed by atoms with Crippen molar-refractivity contribution in [2.75, 3.05) is 6.54 Å². The largest absolute Gasteiger partial charge is 0.350 e. The molecule has 3 N–H and O–H groups in total. The van der Waals surface area contributed by atoms with E-state index in [1.54, 1.807) is 5.38 Å². The van der Waals surface area contributed by atoms with Crippen LogP contribution in [0.3, 0.4) is 0 Å². The standard InChI is InChI=1S/C14H23N3OS/c1-10(15)13-17-11(8-19-13)12(18)16-9-14(2)6-4-3-5-7-14/h8,10H,3-7,9,15H2,1-2H3,(H,16,18). The molecule has 0 aromatic carbocycles. The monoisotopic (exact) mass is 281 g/mol. The molecule has 0 aliphatic heterocycles. The van der Waals surface area contributed by atoms with E-state index in [1.165, 1.54) is 43.4 Å². The summed E-state index contributed by atoms with van der Waals surface area (Å²) >= 11 is 1.45. The van der Waals surface area contributed by atoms with Crippen LogP contribution in [0.15, 0.2) is 5.38 Å². The van der Waals surface area contributed by atoms with Gasteiger partial charge < -0.3 is 11.1 Å². The lowest BCUT2D eigenvalue weighted by Crippen LogP contribution is -2.37. The number of carbonyl (C=O) groups is 1. The first-order valence-corrected chi connectivity index (χ1v) is 7.87. The number of amides is 1. The Bertz CT molecular complexity index is 436. The van der Waals surface area contributed by atoms with Crippen LogP contribution in [0.4, 0.5) is 0 Å². The highest BCUT2D eigenvalue weighted by atomic mass is 32.1. The highest BCUT2D eigenvalue weighted by molar-refractivity contribution is 7.09. The first-order valence-electron chi connectivity index (χ1n) is 6.99. The fraction of sp³-hybridized carbons (Fsp3) is 0.714. The van der Waals surface area contributed by atoms with Crippen molar-refractivity contribution in [2.45, 2.75) is 52.0 Å². The Kier molecular flexibility index (Phi) is 4.58. The third-order valence-corrected chi connectivity index (χ3v) is 4.93. The van der Waals surface area contributed by atoms with E-state index >= 15 is 0 Å². The minimum atomic E-state index is -0.109. The number of rotatable bonds is 4. The third-order valence-electron chi connectivity index (χ3n) is 3.88. The summed E-state index contributed by atoms with van der Waals surface area (Å²) in [5.74, 6) is -0.0741. The zero-order chi connectivity index (χ0) is 13.9. The predicted molar refractivity (Wildman–Crippen MR) is 78.2 cm³/mol. The number of nitrogens with zero attached hydrogens (tertiary/aromatic N) is 1. The number of hydrogen-bond donors (Lipinski definition) is 2. The summed E-state index contributed by atoms with van der Waals surface area (Å²) in [5, 5.41) is 5.63. The van der Waals surface area contributed by atoms with Crippen molar-refractivity contribution in [1.29, 1.82) is 0 Å². The average Bonchev–Trinajstić information content (AvgIpc) is 2.87. The van der Waals surface area contributed by atoms with Crippen molar-refractivity contribution in [3.63, 3.8) is 0 Å². The Morgan fingerprint density at radius 1 is 1.53 bits per heavy atom. The first kappa shape index (κ1) is 14.5. The number of carbonyl (C=O) groups excluding carboxylic acids is 1. The van der Waals surface area contributed by atoms with E-state index in [2.05, 4.69) is 17.2 Å². The van der Waals surface area contributed by atoms with Crippen LogP contribution in [-0.2, 0) is 0 Å². The molecule has 1 heterocycles. The van der Waals surface area contributed by atoms with Gasteiger partial charge in [0, 0.05) is 11.9 Å². The summed E-state index contributed by atoms with van der Waals surface area (Å²) in [6, 6.07) is -0.109. The molecule has 0 spiro atoms. The summed E-state index contributed by atoms with van der Waals surface area (Å²) in [6.07, 6.45) is 6.29. The number of hydrogen-bond acceptors (Lipinski definition) is 4. The van der Waals surface area contributed by atoms with Crippen molar-refractivity contribution >= 4 is 17.2 Å². The second-order valence-corrected chi connectivity index (χ2v) is 6.80. The molecule has 106 valence electrons. The summed E-state index contributed by atoms with van der Waals surface area (Å²) in [6.45, 7) is 4.89. The molecular weight excluding hydrogens is 258 g/mol. The van der Waals surface area contributed by atoms with Crippen LogP contribution in [0.5, 0.6) is 0 Å². The maximum atomic E-state index is 12.1. The lowest BCUT2D eigenvalue weighted by molar-refractivity contribution is 0.0914. The summed E-state index contributed by atoms with van der Waals surface area (Å²) < 4.78 is 0. The SMILES string of the molecule is CC(N)c1nc(C(=O)NCC2(C)CCCCC2)cs1. The van der Waals surface area contributed by atoms with E-state index in [4.69, 9.17) is 5.73 Å². The smallest absolute Gasteiger partial charge is 0.270 e. The highest BCUT2D eigenvalue weighted by Gasteiger charge is 2.27. The van der Waals surface area contributed by atoms with Crippen molar-refractivity contribution in [1.82, 2.24) is 10.3 Å². The maximum Gasteiger partial charge on any atom is 0.270 e. The van der Waals surface area contributed by atoms with Gasteiger partial charge in [-0.25, -0.2) is 4.98 Å². The molecule has 4 nitrogen and oxygen atoms in total. The van der Waals surface area contributed by atoms with Crippen LogP contribution >= 0.6 is 11.3 Å². The molecule has 0 radical (unpaired) electrons. The van der Waals surface area contributed by atoms with Crippen LogP contribution < -0.4 is 11.1 Å². The molecular formula is C14H23N3OS. The number of nitrogens with one attached hydrogen (secondary N) is 1. The molecule has 5 heteroatoms. The van der Waals surface area contributed by atoms with Crippen LogP contribution in [0.1, 0.15) is 67.5 Å². The maximum absolute atomic E-state index is 12.1. The van der Waals surface area contributed by atoms with Gasteiger partial charge >= 0.3 is 0 Å². The summed E-state index contributed by atoms with van der Waals surface area (Å²) in [7, 11) is 0. The molecule has 1 aromatic rings. The van der Waals surface area contributed by atoms with Crippen molar-refractivity contribution in [3.8, 4) is 0 Å². The van der Waals surface area contributed by atoms with Gasteiger partial charge in [-0.2, -0.15) is 0 Å². The predicted octanol–water partition coefficient (Wildman–Crippen LogP) is 2.86. The topological polar surface area (TPSA) is 68.0 Å². The quantitative estimate of drug-likeness (QED) is 0.891. The van der Waals surface area contributed by atoms with Crippen molar-refractivity contribution < 1.29 is 4.79 Å². The van der Waals surface area contributed by atoms with E-state index in [0.717, 1.165) is 11.6 Å². The second-order valence-electron chi connectivity index (χ2n) is 5.91. The van der Waals surface area contributed by atoms with Gasteiger partial charge in [-0.05, 0) is 25.2 Å². The fourth-order valence-electron chi connectivity index (χ4n) is 2.57. The van der Waals surface area contributed by atoms with E-state index in [0.29, 0.717) is 5.69 Å². The Hall–Kier alpha value is -0.940. The van der Waals surface area contributed by atoms with Gasteiger partial charge in [0.05, 0.1) is 6.04 Å². The highest BCUT2D eigenvalue weighted by Crippen LogP contribution is 2.34. The van der Waals surface area contributed by atoms with Gasteiger partial charge in [0.25, 0.3) is 5.91 Å². The summed E-state index contributed by atoms with van der Waals surface area (Å²) in [5.41, 5.74) is 6.51. The minimum Gasteiger partial charge on any atom is -0.350 e. The molecule has 1 aliphatic rings. The molecule has 1 aliphatic carbocycles. The van der Waals surface area contributed by atoms with E-state index in [-0.39, 0.29) is 17.4 Å². The van der Waals surface area contributed by atoms with Crippen LogP contribution in [0.25, 0.3) is 0 Å². The Morgan fingerprint density at radius 3 is 2.79 bits per heavy atom. The number of thiazole rings is 1. The Labute approximate surface area is 118 Å². The van der Waals surface area contributed by atoms with E-state index in [1.807, 2.05) is 6.92 Å². The van der Waals surface area contributed by atoms with Gasteiger partial charge in [0.2, 0.25) is 0 Å². The molecule has 0 bridgehead atoms. The number of aromatic nitrogens is 1. The molecule has 0 saturated heterocycles. The van der Waals surface area contributed by atoms with E-state index in [9.17, 15) is 4.79 Å². The zero-order valence-electron chi connectivity index (χ0n) is 11.7. The molecule has 19 heavy (non-hydrogen) atoms. The molecule has 1 fully saturated rings. The van der Waals surface area contributed by atoms with Crippen LogP contribution in [-0.4, -0.2) is 17.4 Å². The normalized spacial score (nSPS) is 19.9. The zero-order valence-corrected chi connectivity index (χ0v) is 12.6. The third kappa shape index (κ3) is 3.76. The molecule has 1 saturated carbocycles. The van der Waals surface area contributed by atoms with Gasteiger partial charge in [-0.15, -0.1) is 11.3 Å². The number of nitrogens with two attached hydrogens (primary N) is 1. The van der Waals surface area contributed by atoms with Gasteiger partial charge in [-0.1, -0.05) is 26.2 Å². The molecule has 1 unspecified atom stereocenters. The van der Waals surface area contributed by atoms with Crippen LogP contribution in [0.2, 0.25) is 0 Å². The minimum absolute atomic E-state index is 0.0741. The Balaban J connectivity index is 1.89. The van der Waals surface area contributed by atoms with Gasteiger partial charge in [0.1, 0.15) is 10.7 Å². The van der Waals surface area contributed by atoms with E-state index < -0.39 is 0 Å². The van der Waals surface area contributed by atoms with Gasteiger partial charge in [-0.3, -0.25) is 4.79 Å². The first-order chi connectivity index (χ1) is 9.00. The molecule has 1 amide bonds. The lowest BCUT2D eigenvalue weighted by Gasteiger charge is -2.33. The van der Waals surface area contributed by atoms with Gasteiger partial charge in [0.15, 0.2) is 0 Å². The lowest BCUT2D eigenvalue weighted by atomic mass is 9.76. The second kappa shape index (κ2) is 6.01. The molecule has 1 atom stereocenters. The van der Waals surface area contributed by atoms with Crippen LogP contribution in [0, 0.1) is 5.41 Å². The van der Waals surface area contributed by atoms with Crippen molar-refractivity contribution in [3.05, 3.63) is 16.1 Å². The molecule has 1 aromatic heterocycles. The molecule has 2 rings (SSSR count).